The van der Waals surface area contributed by atoms with Crippen LogP contribution in [0.25, 0.3) is 0 Å². The normalized spacial score (nSPS) is 12.0. The maximum atomic E-state index is 13.5. The highest BCUT2D eigenvalue weighted by Gasteiger charge is 2.44. The number of rotatable bonds is 7. The van der Waals surface area contributed by atoms with Crippen LogP contribution in [-0.2, 0) is 6.18 Å². The standard InChI is InChI=1S/C16H10F7N3O5/c1-24(8-2-4-10(5-3-8)31-16(22,23)14(17)18)13-11(15(19,20)21)6-9(25(27)28)7-12(13)26(29)30/h2-7,14H,1H3. The van der Waals surface area contributed by atoms with Crippen LogP contribution in [0.2, 0.25) is 0 Å². The number of hydrogen-bond donors (Lipinski definition) is 0. The highest BCUT2D eigenvalue weighted by molar-refractivity contribution is 5.78. The average molecular weight is 457 g/mol. The summed E-state index contributed by atoms with van der Waals surface area (Å²) in [6.45, 7) is 0. The Kier molecular flexibility index (Phi) is 6.28. The molecule has 2 rings (SSSR count). The fourth-order valence-electron chi connectivity index (χ4n) is 2.49. The summed E-state index contributed by atoms with van der Waals surface area (Å²) in [5, 5.41) is 22.2. The van der Waals surface area contributed by atoms with E-state index in [0.29, 0.717) is 11.0 Å². The smallest absolute Gasteiger partial charge is 0.428 e. The Morgan fingerprint density at radius 3 is 1.94 bits per heavy atom. The van der Waals surface area contributed by atoms with Crippen LogP contribution in [0.15, 0.2) is 36.4 Å². The molecule has 0 saturated carbocycles. The van der Waals surface area contributed by atoms with Gasteiger partial charge in [0.2, 0.25) is 0 Å². The fourth-order valence-corrected chi connectivity index (χ4v) is 2.49. The van der Waals surface area contributed by atoms with E-state index in [2.05, 4.69) is 4.74 Å². The summed E-state index contributed by atoms with van der Waals surface area (Å²) in [4.78, 5) is 20.3. The van der Waals surface area contributed by atoms with Gasteiger partial charge < -0.3 is 9.64 Å². The van der Waals surface area contributed by atoms with E-state index in [-0.39, 0.29) is 11.8 Å². The van der Waals surface area contributed by atoms with Gasteiger partial charge in [-0.2, -0.15) is 30.7 Å². The number of halogens is 7. The topological polar surface area (TPSA) is 98.8 Å². The Morgan fingerprint density at radius 1 is 0.968 bits per heavy atom. The van der Waals surface area contributed by atoms with E-state index in [1.807, 2.05) is 0 Å². The first kappa shape index (κ1) is 23.6. The van der Waals surface area contributed by atoms with Crippen molar-refractivity contribution in [3.8, 4) is 5.75 Å². The summed E-state index contributed by atoms with van der Waals surface area (Å²) in [5.41, 5.74) is -5.40. The molecule has 0 radical (unpaired) electrons. The first-order chi connectivity index (χ1) is 14.1. The van der Waals surface area contributed by atoms with Gasteiger partial charge in [-0.05, 0) is 24.3 Å². The summed E-state index contributed by atoms with van der Waals surface area (Å²) in [5.74, 6) is -0.753. The quantitative estimate of drug-likeness (QED) is 0.308. The van der Waals surface area contributed by atoms with Crippen molar-refractivity contribution in [2.75, 3.05) is 11.9 Å². The largest absolute Gasteiger partial charge is 0.461 e. The number of benzene rings is 2. The van der Waals surface area contributed by atoms with E-state index in [0.717, 1.165) is 31.3 Å². The lowest BCUT2D eigenvalue weighted by Gasteiger charge is -2.24. The molecule has 0 amide bonds. The molecule has 0 N–H and O–H groups in total. The van der Waals surface area contributed by atoms with Gasteiger partial charge in [-0.3, -0.25) is 20.2 Å². The van der Waals surface area contributed by atoms with Gasteiger partial charge in [0, 0.05) is 18.8 Å². The zero-order chi connectivity index (χ0) is 23.7. The van der Waals surface area contributed by atoms with E-state index in [1.54, 1.807) is 0 Å². The van der Waals surface area contributed by atoms with Crippen LogP contribution in [0, 0.1) is 20.2 Å². The van der Waals surface area contributed by atoms with E-state index in [9.17, 15) is 51.0 Å². The molecule has 15 heteroatoms. The number of non-ortho nitro benzene ring substituents is 1. The number of anilines is 2. The molecule has 8 nitrogen and oxygen atoms in total. The van der Waals surface area contributed by atoms with E-state index < -0.39 is 56.9 Å². The highest BCUT2D eigenvalue weighted by atomic mass is 19.4. The summed E-state index contributed by atoms with van der Waals surface area (Å²) >= 11 is 0. The molecule has 168 valence electrons. The Labute approximate surface area is 167 Å². The average Bonchev–Trinajstić information content (AvgIpc) is 2.65. The second-order valence-electron chi connectivity index (χ2n) is 5.89. The molecule has 0 aliphatic rings. The molecule has 0 aromatic heterocycles. The Hall–Kier alpha value is -3.65. The van der Waals surface area contributed by atoms with E-state index in [4.69, 9.17) is 0 Å². The molecule has 0 atom stereocenters. The van der Waals surface area contributed by atoms with Crippen molar-refractivity contribution in [2.24, 2.45) is 0 Å². The van der Waals surface area contributed by atoms with Crippen molar-refractivity contribution in [2.45, 2.75) is 18.7 Å². The van der Waals surface area contributed by atoms with Gasteiger partial charge in [0.05, 0.1) is 21.5 Å². The number of alkyl halides is 7. The summed E-state index contributed by atoms with van der Waals surface area (Å²) < 4.78 is 94.6. The minimum absolute atomic E-state index is 0.111. The van der Waals surface area contributed by atoms with E-state index in [1.165, 1.54) is 0 Å². The number of ether oxygens (including phenoxy) is 1. The summed E-state index contributed by atoms with van der Waals surface area (Å²) in [6.07, 6.45) is -14.2. The SMILES string of the molecule is CN(c1ccc(OC(F)(F)C(F)F)cc1)c1c([N+](=O)[O-])cc([N+](=O)[O-])cc1C(F)(F)F. The predicted molar refractivity (Wildman–Crippen MR) is 90.8 cm³/mol. The lowest BCUT2D eigenvalue weighted by molar-refractivity contribution is -0.394. The van der Waals surface area contributed by atoms with Crippen LogP contribution >= 0.6 is 0 Å². The van der Waals surface area contributed by atoms with Crippen molar-refractivity contribution in [1.29, 1.82) is 0 Å². The third kappa shape index (κ3) is 5.10. The molecule has 31 heavy (non-hydrogen) atoms. The van der Waals surface area contributed by atoms with Gasteiger partial charge in [-0.25, -0.2) is 0 Å². The van der Waals surface area contributed by atoms with Crippen molar-refractivity contribution in [3.63, 3.8) is 0 Å². The second kappa shape index (κ2) is 8.23. The summed E-state index contributed by atoms with van der Waals surface area (Å²) in [7, 11) is 0.951. The van der Waals surface area contributed by atoms with Gasteiger partial charge in [-0.15, -0.1) is 0 Å². The fraction of sp³-hybridized carbons (Fsp3) is 0.250. The zero-order valence-electron chi connectivity index (χ0n) is 15.1. The lowest BCUT2D eigenvalue weighted by atomic mass is 10.1. The van der Waals surface area contributed by atoms with Gasteiger partial charge in [0.15, 0.2) is 0 Å². The van der Waals surface area contributed by atoms with Crippen LogP contribution in [-0.4, -0.2) is 29.4 Å². The van der Waals surface area contributed by atoms with Gasteiger partial charge >= 0.3 is 18.7 Å². The maximum Gasteiger partial charge on any atom is 0.461 e. The van der Waals surface area contributed by atoms with Crippen molar-refractivity contribution < 1.29 is 45.3 Å². The second-order valence-corrected chi connectivity index (χ2v) is 5.89. The van der Waals surface area contributed by atoms with Crippen molar-refractivity contribution >= 4 is 22.7 Å². The molecule has 0 heterocycles. The molecule has 0 spiro atoms. The van der Waals surface area contributed by atoms with Gasteiger partial charge in [-0.1, -0.05) is 0 Å². The summed E-state index contributed by atoms with van der Waals surface area (Å²) in [6, 6.07) is 3.66. The third-order valence-corrected chi connectivity index (χ3v) is 3.85. The van der Waals surface area contributed by atoms with Gasteiger partial charge in [0.1, 0.15) is 11.4 Å². The molecule has 0 aliphatic carbocycles. The Bertz CT molecular complexity index is 996. The molecule has 0 saturated heterocycles. The maximum absolute atomic E-state index is 13.5. The number of nitro benzene ring substituents is 2. The number of nitro groups is 2. The number of nitrogens with zero attached hydrogens (tertiary/aromatic N) is 3. The van der Waals surface area contributed by atoms with Crippen LogP contribution in [0.4, 0.5) is 53.5 Å². The Morgan fingerprint density at radius 2 is 1.52 bits per heavy atom. The highest BCUT2D eigenvalue weighted by Crippen LogP contribution is 2.46. The molecular weight excluding hydrogens is 447 g/mol. The molecule has 0 aliphatic heterocycles. The minimum atomic E-state index is -5.23. The molecule has 2 aromatic rings. The monoisotopic (exact) mass is 457 g/mol. The lowest BCUT2D eigenvalue weighted by Crippen LogP contribution is -2.33. The number of hydrogen-bond acceptors (Lipinski definition) is 6. The van der Waals surface area contributed by atoms with Crippen LogP contribution in [0.3, 0.4) is 0 Å². The molecule has 2 aromatic carbocycles. The first-order valence-corrected chi connectivity index (χ1v) is 7.88. The van der Waals surface area contributed by atoms with Crippen LogP contribution < -0.4 is 9.64 Å². The van der Waals surface area contributed by atoms with E-state index >= 15 is 0 Å². The predicted octanol–water partition coefficient (Wildman–Crippen LogP) is 5.53. The van der Waals surface area contributed by atoms with Gasteiger partial charge in [0.25, 0.3) is 11.4 Å². The zero-order valence-corrected chi connectivity index (χ0v) is 15.1. The minimum Gasteiger partial charge on any atom is -0.428 e. The van der Waals surface area contributed by atoms with Crippen molar-refractivity contribution in [3.05, 3.63) is 62.2 Å². The third-order valence-electron chi connectivity index (χ3n) is 3.85. The molecule has 0 fully saturated rings. The molecule has 0 bridgehead atoms. The van der Waals surface area contributed by atoms with Crippen LogP contribution in [0.1, 0.15) is 5.56 Å². The van der Waals surface area contributed by atoms with Crippen LogP contribution in [0.5, 0.6) is 5.75 Å². The Balaban J connectivity index is 2.57. The first-order valence-electron chi connectivity index (χ1n) is 7.88. The van der Waals surface area contributed by atoms with Crippen molar-refractivity contribution in [1.82, 2.24) is 0 Å². The molecule has 0 unspecified atom stereocenters. The molecular formula is C16H10F7N3O5.